The van der Waals surface area contributed by atoms with Gasteiger partial charge >= 0.3 is 0 Å². The Morgan fingerprint density at radius 3 is 1.93 bits per heavy atom. The smallest absolute Gasteiger partial charge is 0.206 e. The fraction of sp³-hybridized carbons (Fsp3) is 0.0435. The van der Waals surface area contributed by atoms with Crippen LogP contribution in [0.4, 0.5) is 0 Å². The lowest BCUT2D eigenvalue weighted by atomic mass is 10.2. The van der Waals surface area contributed by atoms with E-state index in [2.05, 4.69) is 15.9 Å². The summed E-state index contributed by atoms with van der Waals surface area (Å²) in [6.07, 6.45) is 5.90. The Hall–Kier alpha value is -2.43. The molecular weight excluding hydrogens is 420 g/mol. The molecule has 0 aromatic heterocycles. The Morgan fingerprint density at radius 2 is 1.33 bits per heavy atom. The van der Waals surface area contributed by atoms with Gasteiger partial charge in [-0.25, -0.2) is 8.42 Å². The standard InChI is InChI=1S/C23H19BrO2S/c1-18-7-13-22(14-8-18)27(25,26)23-15-10-19(11-16-23)9-12-21(24)17-20-5-3-2-4-6-20/h2-17H,1H3. The Morgan fingerprint density at radius 1 is 0.778 bits per heavy atom. The van der Waals surface area contributed by atoms with Gasteiger partial charge in [-0.1, -0.05) is 82.2 Å². The number of halogens is 1. The van der Waals surface area contributed by atoms with E-state index in [-0.39, 0.29) is 0 Å². The van der Waals surface area contributed by atoms with Crippen molar-refractivity contribution < 1.29 is 8.42 Å². The molecule has 0 spiro atoms. The van der Waals surface area contributed by atoms with Gasteiger partial charge in [0.15, 0.2) is 0 Å². The first-order chi connectivity index (χ1) is 12.9. The van der Waals surface area contributed by atoms with Crippen LogP contribution in [0.3, 0.4) is 0 Å². The Balaban J connectivity index is 1.77. The van der Waals surface area contributed by atoms with Crippen molar-refractivity contribution in [3.63, 3.8) is 0 Å². The van der Waals surface area contributed by atoms with Gasteiger partial charge in [-0.15, -0.1) is 0 Å². The molecule has 0 aliphatic heterocycles. The minimum Gasteiger partial charge on any atom is -0.219 e. The minimum absolute atomic E-state index is 0.294. The van der Waals surface area contributed by atoms with Crippen molar-refractivity contribution in [3.05, 3.63) is 106 Å². The lowest BCUT2D eigenvalue weighted by Gasteiger charge is -2.05. The topological polar surface area (TPSA) is 34.1 Å². The Bertz CT molecular complexity index is 1060. The molecule has 0 N–H and O–H groups in total. The molecule has 136 valence electrons. The molecule has 2 nitrogen and oxygen atoms in total. The Labute approximate surface area is 168 Å². The molecule has 0 aliphatic carbocycles. The molecule has 0 fully saturated rings. The largest absolute Gasteiger partial charge is 0.219 e. The van der Waals surface area contributed by atoms with Gasteiger partial charge in [0.1, 0.15) is 0 Å². The molecule has 3 rings (SSSR count). The first kappa shape index (κ1) is 19.3. The third kappa shape index (κ3) is 5.06. The minimum atomic E-state index is -3.49. The number of sulfone groups is 1. The van der Waals surface area contributed by atoms with Crippen LogP contribution in [-0.2, 0) is 9.84 Å². The zero-order valence-corrected chi connectivity index (χ0v) is 17.2. The SMILES string of the molecule is Cc1ccc(S(=O)(=O)c2ccc(C=CC(Br)=Cc3ccccc3)cc2)cc1. The average Bonchev–Trinajstić information content (AvgIpc) is 2.68. The van der Waals surface area contributed by atoms with Crippen molar-refractivity contribution in [1.82, 2.24) is 0 Å². The van der Waals surface area contributed by atoms with Crippen molar-refractivity contribution in [2.75, 3.05) is 0 Å². The van der Waals surface area contributed by atoms with Crippen LogP contribution in [0.2, 0.25) is 0 Å². The fourth-order valence-electron chi connectivity index (χ4n) is 2.54. The van der Waals surface area contributed by atoms with Gasteiger partial charge in [-0.05, 0) is 54.5 Å². The van der Waals surface area contributed by atoms with Crippen molar-refractivity contribution in [2.45, 2.75) is 16.7 Å². The van der Waals surface area contributed by atoms with E-state index in [1.165, 1.54) is 0 Å². The van der Waals surface area contributed by atoms with Gasteiger partial charge in [0.25, 0.3) is 0 Å². The molecule has 0 atom stereocenters. The number of hydrogen-bond acceptors (Lipinski definition) is 2. The summed E-state index contributed by atoms with van der Waals surface area (Å²) in [6, 6.07) is 23.8. The Kier molecular flexibility index (Phi) is 6.09. The lowest BCUT2D eigenvalue weighted by Crippen LogP contribution is -2.01. The van der Waals surface area contributed by atoms with Crippen LogP contribution in [0.5, 0.6) is 0 Å². The summed E-state index contributed by atoms with van der Waals surface area (Å²) in [5, 5.41) is 0. The molecule has 27 heavy (non-hydrogen) atoms. The summed E-state index contributed by atoms with van der Waals surface area (Å²) in [5.74, 6) is 0. The summed E-state index contributed by atoms with van der Waals surface area (Å²) < 4.78 is 26.3. The summed E-state index contributed by atoms with van der Waals surface area (Å²) in [7, 11) is -3.49. The van der Waals surface area contributed by atoms with Crippen molar-refractivity contribution >= 4 is 37.9 Å². The van der Waals surface area contributed by atoms with E-state index in [1.807, 2.05) is 55.5 Å². The number of benzene rings is 3. The highest BCUT2D eigenvalue weighted by atomic mass is 79.9. The highest BCUT2D eigenvalue weighted by molar-refractivity contribution is 9.12. The van der Waals surface area contributed by atoms with E-state index < -0.39 is 9.84 Å². The average molecular weight is 439 g/mol. The second kappa shape index (κ2) is 8.51. The van der Waals surface area contributed by atoms with Crippen molar-refractivity contribution in [3.8, 4) is 0 Å². The van der Waals surface area contributed by atoms with Crippen LogP contribution >= 0.6 is 15.9 Å². The molecule has 0 aliphatic rings. The first-order valence-corrected chi connectivity index (χ1v) is 10.7. The molecule has 0 radical (unpaired) electrons. The molecule has 0 amide bonds. The van der Waals surface area contributed by atoms with Crippen LogP contribution in [0, 0.1) is 6.92 Å². The number of hydrogen-bond donors (Lipinski definition) is 0. The zero-order chi connectivity index (χ0) is 19.3. The fourth-order valence-corrected chi connectivity index (χ4v) is 4.20. The lowest BCUT2D eigenvalue weighted by molar-refractivity contribution is 0.596. The van der Waals surface area contributed by atoms with Gasteiger partial charge in [0.05, 0.1) is 9.79 Å². The van der Waals surface area contributed by atoms with Gasteiger partial charge in [0.2, 0.25) is 9.84 Å². The molecule has 0 bridgehead atoms. The second-order valence-electron chi connectivity index (χ2n) is 6.16. The van der Waals surface area contributed by atoms with Crippen LogP contribution < -0.4 is 0 Å². The molecule has 4 heteroatoms. The van der Waals surface area contributed by atoms with Crippen LogP contribution in [0.1, 0.15) is 16.7 Å². The number of rotatable bonds is 5. The summed E-state index contributed by atoms with van der Waals surface area (Å²) in [5.41, 5.74) is 3.06. The van der Waals surface area contributed by atoms with E-state index >= 15 is 0 Å². The third-order valence-corrected chi connectivity index (χ3v) is 6.34. The van der Waals surface area contributed by atoms with Crippen LogP contribution in [-0.4, -0.2) is 8.42 Å². The monoisotopic (exact) mass is 438 g/mol. The zero-order valence-electron chi connectivity index (χ0n) is 14.8. The number of allylic oxidation sites excluding steroid dienone is 2. The highest BCUT2D eigenvalue weighted by Crippen LogP contribution is 2.22. The van der Waals surface area contributed by atoms with Crippen LogP contribution in [0.25, 0.3) is 12.2 Å². The quantitative estimate of drug-likeness (QED) is 0.439. The molecule has 3 aromatic rings. The van der Waals surface area contributed by atoms with Crippen molar-refractivity contribution in [2.24, 2.45) is 0 Å². The van der Waals surface area contributed by atoms with E-state index in [9.17, 15) is 8.42 Å². The van der Waals surface area contributed by atoms with Gasteiger partial charge in [0, 0.05) is 4.48 Å². The second-order valence-corrected chi connectivity index (χ2v) is 9.02. The van der Waals surface area contributed by atoms with Crippen molar-refractivity contribution in [1.29, 1.82) is 0 Å². The maximum absolute atomic E-state index is 12.7. The number of aryl methyl sites for hydroxylation is 1. The van der Waals surface area contributed by atoms with Crippen LogP contribution in [0.15, 0.2) is 99.2 Å². The maximum Gasteiger partial charge on any atom is 0.206 e. The predicted molar refractivity (Wildman–Crippen MR) is 115 cm³/mol. The summed E-state index contributed by atoms with van der Waals surface area (Å²) in [4.78, 5) is 0.604. The maximum atomic E-state index is 12.7. The highest BCUT2D eigenvalue weighted by Gasteiger charge is 2.16. The summed E-state index contributed by atoms with van der Waals surface area (Å²) >= 11 is 3.53. The molecule has 0 saturated carbocycles. The van der Waals surface area contributed by atoms with Gasteiger partial charge in [-0.3, -0.25) is 0 Å². The third-order valence-electron chi connectivity index (χ3n) is 4.06. The predicted octanol–water partition coefficient (Wildman–Crippen LogP) is 6.28. The molecule has 0 unspecified atom stereocenters. The molecule has 0 saturated heterocycles. The normalized spacial score (nSPS) is 12.4. The summed E-state index contributed by atoms with van der Waals surface area (Å²) in [6.45, 7) is 1.93. The molecular formula is C23H19BrO2S. The van der Waals surface area contributed by atoms with E-state index in [0.29, 0.717) is 9.79 Å². The van der Waals surface area contributed by atoms with E-state index in [4.69, 9.17) is 0 Å². The first-order valence-electron chi connectivity index (χ1n) is 8.47. The van der Waals surface area contributed by atoms with Gasteiger partial charge in [-0.2, -0.15) is 0 Å². The molecule has 3 aromatic carbocycles. The van der Waals surface area contributed by atoms with E-state index in [0.717, 1.165) is 21.2 Å². The van der Waals surface area contributed by atoms with Gasteiger partial charge < -0.3 is 0 Å². The molecule has 0 heterocycles. The van der Waals surface area contributed by atoms with E-state index in [1.54, 1.807) is 48.5 Å².